The Labute approximate surface area is 155 Å². The predicted octanol–water partition coefficient (Wildman–Crippen LogP) is 6.97. The van der Waals surface area contributed by atoms with Crippen molar-refractivity contribution in [1.29, 1.82) is 0 Å². The van der Waals surface area contributed by atoms with Gasteiger partial charge in [0.25, 0.3) is 0 Å². The molecule has 1 rings (SSSR count). The standard InChI is InChI=1S/C21H42N2O2/c1-4-7-8-9-10-11-12-13-14-15-16-17-18-21(5-2,6-3)19-20(24)22-23-25-19/h19-20,24H,4-18H2,1-3H3. The van der Waals surface area contributed by atoms with Gasteiger partial charge in [-0.15, -0.1) is 5.11 Å². The van der Waals surface area contributed by atoms with E-state index >= 15 is 0 Å². The molecule has 1 aliphatic heterocycles. The molecule has 4 heteroatoms. The lowest BCUT2D eigenvalue weighted by atomic mass is 9.72. The second kappa shape index (κ2) is 13.5. The number of aliphatic hydroxyl groups is 1. The number of aliphatic hydroxyl groups excluding tert-OH is 1. The molecule has 0 aromatic rings. The molecule has 1 aliphatic rings. The molecular formula is C21H42N2O2. The van der Waals surface area contributed by atoms with Crippen molar-refractivity contribution < 1.29 is 9.94 Å². The van der Waals surface area contributed by atoms with Crippen LogP contribution in [0.25, 0.3) is 0 Å². The van der Waals surface area contributed by atoms with E-state index in [1.165, 1.54) is 77.0 Å². The van der Waals surface area contributed by atoms with Crippen LogP contribution in [-0.4, -0.2) is 17.4 Å². The highest BCUT2D eigenvalue weighted by atomic mass is 16.7. The van der Waals surface area contributed by atoms with Crippen molar-refractivity contribution in [2.24, 2.45) is 15.8 Å². The van der Waals surface area contributed by atoms with Crippen molar-refractivity contribution in [1.82, 2.24) is 0 Å². The van der Waals surface area contributed by atoms with Gasteiger partial charge in [-0.3, -0.25) is 0 Å². The van der Waals surface area contributed by atoms with Crippen LogP contribution >= 0.6 is 0 Å². The van der Waals surface area contributed by atoms with E-state index in [1.54, 1.807) is 0 Å². The summed E-state index contributed by atoms with van der Waals surface area (Å²) in [4.78, 5) is 5.38. The van der Waals surface area contributed by atoms with E-state index in [2.05, 4.69) is 31.2 Å². The van der Waals surface area contributed by atoms with E-state index in [-0.39, 0.29) is 11.5 Å². The fourth-order valence-corrected chi connectivity index (χ4v) is 4.14. The first-order valence-corrected chi connectivity index (χ1v) is 10.9. The van der Waals surface area contributed by atoms with Gasteiger partial charge in [-0.2, -0.15) is 0 Å². The minimum atomic E-state index is -0.780. The third-order valence-electron chi connectivity index (χ3n) is 6.14. The second-order valence-electron chi connectivity index (χ2n) is 7.85. The molecule has 1 N–H and O–H groups in total. The first kappa shape index (κ1) is 22.4. The van der Waals surface area contributed by atoms with Gasteiger partial charge >= 0.3 is 0 Å². The van der Waals surface area contributed by atoms with Crippen molar-refractivity contribution in [2.45, 2.75) is 129 Å². The largest absolute Gasteiger partial charge is 0.371 e. The van der Waals surface area contributed by atoms with Crippen molar-refractivity contribution in [3.63, 3.8) is 0 Å². The third-order valence-corrected chi connectivity index (χ3v) is 6.14. The van der Waals surface area contributed by atoms with Crippen LogP contribution < -0.4 is 0 Å². The number of hydrogen-bond acceptors (Lipinski definition) is 4. The topological polar surface area (TPSA) is 54.2 Å². The Morgan fingerprint density at radius 3 is 1.64 bits per heavy atom. The first-order chi connectivity index (χ1) is 12.2. The summed E-state index contributed by atoms with van der Waals surface area (Å²) in [5.41, 5.74) is 0.0153. The number of nitrogens with zero attached hydrogens (tertiary/aromatic N) is 2. The molecule has 2 atom stereocenters. The van der Waals surface area contributed by atoms with Gasteiger partial charge < -0.3 is 9.94 Å². The first-order valence-electron chi connectivity index (χ1n) is 10.9. The molecule has 0 aliphatic carbocycles. The van der Waals surface area contributed by atoms with Crippen molar-refractivity contribution in [3.8, 4) is 0 Å². The van der Waals surface area contributed by atoms with E-state index in [0.717, 1.165) is 19.3 Å². The van der Waals surface area contributed by atoms with E-state index in [4.69, 9.17) is 4.84 Å². The van der Waals surface area contributed by atoms with Gasteiger partial charge in [-0.25, -0.2) is 0 Å². The summed E-state index contributed by atoms with van der Waals surface area (Å²) >= 11 is 0. The van der Waals surface area contributed by atoms with Gasteiger partial charge in [0.1, 0.15) is 0 Å². The van der Waals surface area contributed by atoms with Gasteiger partial charge in [0.15, 0.2) is 6.10 Å². The molecule has 0 aromatic heterocycles. The van der Waals surface area contributed by atoms with Gasteiger partial charge in [-0.05, 0) is 19.3 Å². The van der Waals surface area contributed by atoms with Crippen LogP contribution in [0.3, 0.4) is 0 Å². The van der Waals surface area contributed by atoms with E-state index in [0.29, 0.717) is 0 Å². The van der Waals surface area contributed by atoms with Crippen LogP contribution in [0.5, 0.6) is 0 Å². The highest BCUT2D eigenvalue weighted by Crippen LogP contribution is 2.41. The highest BCUT2D eigenvalue weighted by molar-refractivity contribution is 4.89. The van der Waals surface area contributed by atoms with Gasteiger partial charge in [0.2, 0.25) is 6.23 Å². The Morgan fingerprint density at radius 1 is 0.760 bits per heavy atom. The molecule has 1 heterocycles. The zero-order valence-electron chi connectivity index (χ0n) is 17.0. The Balaban J connectivity index is 2.05. The van der Waals surface area contributed by atoms with Gasteiger partial charge in [0, 0.05) is 10.7 Å². The molecule has 148 valence electrons. The molecule has 0 saturated carbocycles. The van der Waals surface area contributed by atoms with Crippen LogP contribution in [-0.2, 0) is 4.84 Å². The van der Waals surface area contributed by atoms with Gasteiger partial charge in [-0.1, -0.05) is 97.8 Å². The maximum Gasteiger partial charge on any atom is 0.210 e. The molecule has 0 saturated heterocycles. The van der Waals surface area contributed by atoms with E-state index in [9.17, 15) is 5.11 Å². The molecule has 2 unspecified atom stereocenters. The van der Waals surface area contributed by atoms with Crippen molar-refractivity contribution in [2.75, 3.05) is 0 Å². The maximum absolute atomic E-state index is 9.99. The highest BCUT2D eigenvalue weighted by Gasteiger charge is 2.44. The normalized spacial score (nSPS) is 20.2. The summed E-state index contributed by atoms with van der Waals surface area (Å²) in [6.07, 6.45) is 18.5. The minimum absolute atomic E-state index is 0.0153. The van der Waals surface area contributed by atoms with Crippen molar-refractivity contribution >= 4 is 0 Å². The Kier molecular flexibility index (Phi) is 12.1. The quantitative estimate of drug-likeness (QED) is 0.304. The fourth-order valence-electron chi connectivity index (χ4n) is 4.14. The summed E-state index contributed by atoms with van der Waals surface area (Å²) in [6.45, 7) is 6.66. The van der Waals surface area contributed by atoms with E-state index in [1.807, 2.05) is 0 Å². The zero-order valence-corrected chi connectivity index (χ0v) is 17.0. The zero-order chi connectivity index (χ0) is 18.4. The van der Waals surface area contributed by atoms with Crippen LogP contribution in [0.2, 0.25) is 0 Å². The van der Waals surface area contributed by atoms with Crippen LogP contribution in [0, 0.1) is 5.41 Å². The fraction of sp³-hybridized carbons (Fsp3) is 1.00. The molecule has 4 nitrogen and oxygen atoms in total. The molecule has 0 spiro atoms. The summed E-state index contributed by atoms with van der Waals surface area (Å²) in [5.74, 6) is 0. The second-order valence-corrected chi connectivity index (χ2v) is 7.85. The number of unbranched alkanes of at least 4 members (excludes halogenated alkanes) is 11. The Hall–Kier alpha value is -0.640. The summed E-state index contributed by atoms with van der Waals surface area (Å²) < 4.78 is 0. The third kappa shape index (κ3) is 8.06. The van der Waals surface area contributed by atoms with E-state index < -0.39 is 6.23 Å². The number of rotatable bonds is 16. The molecule has 0 amide bonds. The maximum atomic E-state index is 9.99. The summed E-state index contributed by atoms with van der Waals surface area (Å²) in [6, 6.07) is 0. The predicted molar refractivity (Wildman–Crippen MR) is 104 cm³/mol. The average Bonchev–Trinajstić information content (AvgIpc) is 3.06. The molecular weight excluding hydrogens is 312 g/mol. The molecule has 25 heavy (non-hydrogen) atoms. The average molecular weight is 355 g/mol. The molecule has 0 fully saturated rings. The van der Waals surface area contributed by atoms with Crippen LogP contribution in [0.1, 0.15) is 117 Å². The Bertz CT molecular complexity index is 343. The monoisotopic (exact) mass is 354 g/mol. The van der Waals surface area contributed by atoms with Crippen molar-refractivity contribution in [3.05, 3.63) is 0 Å². The number of hydrogen-bond donors (Lipinski definition) is 1. The smallest absolute Gasteiger partial charge is 0.210 e. The minimum Gasteiger partial charge on any atom is -0.371 e. The summed E-state index contributed by atoms with van der Waals surface area (Å²) in [7, 11) is 0. The SMILES string of the molecule is CCCCCCCCCCCCCCC(CC)(CC)C1ON=NC1O. The molecule has 0 aromatic carbocycles. The Morgan fingerprint density at radius 2 is 1.24 bits per heavy atom. The lowest BCUT2D eigenvalue weighted by Crippen LogP contribution is -2.41. The lowest BCUT2D eigenvalue weighted by molar-refractivity contribution is -0.0783. The van der Waals surface area contributed by atoms with Gasteiger partial charge in [0.05, 0.1) is 0 Å². The van der Waals surface area contributed by atoms with Crippen LogP contribution in [0.4, 0.5) is 0 Å². The van der Waals surface area contributed by atoms with Crippen LogP contribution in [0.15, 0.2) is 10.4 Å². The molecule has 0 radical (unpaired) electrons. The lowest BCUT2D eigenvalue weighted by Gasteiger charge is -2.36. The molecule has 0 bridgehead atoms. The summed E-state index contributed by atoms with van der Waals surface area (Å²) in [5, 5.41) is 17.3.